The van der Waals surface area contributed by atoms with Crippen LogP contribution in [0.15, 0.2) is 60.8 Å². The molecule has 4 aromatic rings. The molecule has 0 bridgehead atoms. The molecule has 8 heteroatoms. The summed E-state index contributed by atoms with van der Waals surface area (Å²) < 4.78 is 6.97. The first-order chi connectivity index (χ1) is 14.1. The molecule has 0 aliphatic heterocycles. The molecule has 0 atom stereocenters. The highest BCUT2D eigenvalue weighted by atomic mass is 35.5. The summed E-state index contributed by atoms with van der Waals surface area (Å²) >= 11 is 12.0. The highest BCUT2D eigenvalue weighted by molar-refractivity contribution is 6.42. The fourth-order valence-electron chi connectivity index (χ4n) is 2.87. The Kier molecular flexibility index (Phi) is 5.74. The smallest absolute Gasteiger partial charge is 0.156 e. The molecule has 0 spiro atoms. The number of rotatable bonds is 7. The Morgan fingerprint density at radius 1 is 0.897 bits per heavy atom. The minimum Gasteiger partial charge on any atom is -0.497 e. The molecule has 2 aromatic heterocycles. The first kappa shape index (κ1) is 19.4. The van der Waals surface area contributed by atoms with Crippen molar-refractivity contribution >= 4 is 40.5 Å². The summed E-state index contributed by atoms with van der Waals surface area (Å²) in [6.45, 7) is 1.24. The van der Waals surface area contributed by atoms with E-state index in [1.807, 2.05) is 48.5 Å². The lowest BCUT2D eigenvalue weighted by molar-refractivity contribution is 0.414. The van der Waals surface area contributed by atoms with E-state index in [0.29, 0.717) is 23.1 Å². The van der Waals surface area contributed by atoms with E-state index in [9.17, 15) is 0 Å². The molecule has 6 nitrogen and oxygen atoms in total. The number of aromatic nitrogens is 3. The Hall–Kier alpha value is -2.96. The van der Waals surface area contributed by atoms with Crippen LogP contribution in [0.2, 0.25) is 10.0 Å². The van der Waals surface area contributed by atoms with Gasteiger partial charge >= 0.3 is 0 Å². The number of methoxy groups -OCH3 is 1. The van der Waals surface area contributed by atoms with Crippen LogP contribution >= 0.6 is 23.2 Å². The van der Waals surface area contributed by atoms with E-state index in [0.717, 1.165) is 34.2 Å². The molecule has 148 valence electrons. The van der Waals surface area contributed by atoms with Crippen molar-refractivity contribution in [2.75, 3.05) is 17.7 Å². The lowest BCUT2D eigenvalue weighted by atomic mass is 10.2. The SMILES string of the molecule is COc1ccc(CNc2cnc3ccc(NCc4ccc(Cl)c(Cl)c4)nn23)cc1. The van der Waals surface area contributed by atoms with Crippen molar-refractivity contribution < 1.29 is 4.74 Å². The van der Waals surface area contributed by atoms with E-state index < -0.39 is 0 Å². The molecule has 0 amide bonds. The van der Waals surface area contributed by atoms with Crippen molar-refractivity contribution in [3.8, 4) is 5.75 Å². The number of hydrogen-bond donors (Lipinski definition) is 2. The molecule has 2 N–H and O–H groups in total. The van der Waals surface area contributed by atoms with Crippen LogP contribution in [0.1, 0.15) is 11.1 Å². The third-order valence-electron chi connectivity index (χ3n) is 4.45. The molecule has 0 saturated heterocycles. The van der Waals surface area contributed by atoms with Crippen molar-refractivity contribution in [3.63, 3.8) is 0 Å². The van der Waals surface area contributed by atoms with Gasteiger partial charge in [0, 0.05) is 13.1 Å². The molecule has 0 saturated carbocycles. The predicted octanol–water partition coefficient (Wildman–Crippen LogP) is 5.27. The minimum absolute atomic E-state index is 0.536. The summed E-state index contributed by atoms with van der Waals surface area (Å²) in [6.07, 6.45) is 1.77. The van der Waals surface area contributed by atoms with Gasteiger partial charge in [-0.15, -0.1) is 5.10 Å². The molecule has 4 rings (SSSR count). The minimum atomic E-state index is 0.536. The van der Waals surface area contributed by atoms with Gasteiger partial charge in [-0.05, 0) is 47.5 Å². The Morgan fingerprint density at radius 2 is 1.66 bits per heavy atom. The van der Waals surface area contributed by atoms with Crippen molar-refractivity contribution in [2.45, 2.75) is 13.1 Å². The highest BCUT2D eigenvalue weighted by Gasteiger charge is 2.06. The number of hydrogen-bond acceptors (Lipinski definition) is 5. The second-order valence-electron chi connectivity index (χ2n) is 6.44. The number of nitrogens with one attached hydrogen (secondary N) is 2. The van der Waals surface area contributed by atoms with Gasteiger partial charge in [0.05, 0.1) is 23.4 Å². The van der Waals surface area contributed by atoms with Crippen LogP contribution in [0.25, 0.3) is 5.65 Å². The zero-order valence-electron chi connectivity index (χ0n) is 15.7. The lowest BCUT2D eigenvalue weighted by Gasteiger charge is -2.09. The summed E-state index contributed by atoms with van der Waals surface area (Å²) in [6, 6.07) is 17.3. The van der Waals surface area contributed by atoms with Gasteiger partial charge in [-0.3, -0.25) is 0 Å². The van der Waals surface area contributed by atoms with Crippen LogP contribution in [0, 0.1) is 0 Å². The van der Waals surface area contributed by atoms with Crippen LogP contribution < -0.4 is 15.4 Å². The molecule has 0 unspecified atom stereocenters. The van der Waals surface area contributed by atoms with E-state index >= 15 is 0 Å². The highest BCUT2D eigenvalue weighted by Crippen LogP contribution is 2.23. The maximum Gasteiger partial charge on any atom is 0.156 e. The van der Waals surface area contributed by atoms with Crippen molar-refractivity contribution in [1.29, 1.82) is 0 Å². The average molecular weight is 428 g/mol. The monoisotopic (exact) mass is 427 g/mol. The van der Waals surface area contributed by atoms with Gasteiger partial charge in [-0.1, -0.05) is 41.4 Å². The first-order valence-electron chi connectivity index (χ1n) is 9.02. The molecule has 0 aliphatic carbocycles. The number of benzene rings is 2. The summed E-state index contributed by atoms with van der Waals surface area (Å²) in [5.41, 5.74) is 2.92. The van der Waals surface area contributed by atoms with E-state index in [-0.39, 0.29) is 0 Å². The molecule has 0 fully saturated rings. The van der Waals surface area contributed by atoms with Gasteiger partial charge in [0.15, 0.2) is 5.65 Å². The molecular weight excluding hydrogens is 409 g/mol. The molecule has 2 aromatic carbocycles. The van der Waals surface area contributed by atoms with Crippen LogP contribution in [0.5, 0.6) is 5.75 Å². The fourth-order valence-corrected chi connectivity index (χ4v) is 3.19. The third kappa shape index (κ3) is 4.55. The number of fused-ring (bicyclic) bond motifs is 1. The Bertz CT molecular complexity index is 1130. The van der Waals surface area contributed by atoms with E-state index in [1.54, 1.807) is 23.9 Å². The lowest BCUT2D eigenvalue weighted by Crippen LogP contribution is -2.07. The van der Waals surface area contributed by atoms with Gasteiger partial charge < -0.3 is 15.4 Å². The second kappa shape index (κ2) is 8.59. The van der Waals surface area contributed by atoms with Crippen molar-refractivity contribution in [1.82, 2.24) is 14.6 Å². The maximum atomic E-state index is 6.08. The van der Waals surface area contributed by atoms with Gasteiger partial charge in [-0.25, -0.2) is 4.98 Å². The fraction of sp³-hybridized carbons (Fsp3) is 0.143. The van der Waals surface area contributed by atoms with Crippen molar-refractivity contribution in [3.05, 3.63) is 82.0 Å². The molecule has 0 aliphatic rings. The summed E-state index contributed by atoms with van der Waals surface area (Å²) in [5.74, 6) is 2.38. The molecular formula is C21H19Cl2N5O. The van der Waals surface area contributed by atoms with Crippen LogP contribution in [0.4, 0.5) is 11.6 Å². The van der Waals surface area contributed by atoms with Crippen LogP contribution in [-0.4, -0.2) is 21.7 Å². The Labute approximate surface area is 178 Å². The van der Waals surface area contributed by atoms with Crippen LogP contribution in [-0.2, 0) is 13.1 Å². The largest absolute Gasteiger partial charge is 0.497 e. The topological polar surface area (TPSA) is 63.5 Å². The molecule has 2 heterocycles. The predicted molar refractivity (Wildman–Crippen MR) is 117 cm³/mol. The summed E-state index contributed by atoms with van der Waals surface area (Å²) in [7, 11) is 1.66. The maximum absolute atomic E-state index is 6.08. The first-order valence-corrected chi connectivity index (χ1v) is 9.77. The quantitative estimate of drug-likeness (QED) is 0.420. The number of halogens is 2. The number of anilines is 2. The van der Waals surface area contributed by atoms with Gasteiger partial charge in [-0.2, -0.15) is 4.52 Å². The standard InChI is InChI=1S/C21H19Cl2N5O/c1-29-16-5-2-14(3-6-16)11-25-21-13-26-20-9-8-19(27-28(20)21)24-12-15-4-7-17(22)18(23)10-15/h2-10,13,25H,11-12H2,1H3,(H,24,27). The zero-order valence-corrected chi connectivity index (χ0v) is 17.2. The summed E-state index contributed by atoms with van der Waals surface area (Å²) in [4.78, 5) is 4.40. The van der Waals surface area contributed by atoms with Crippen molar-refractivity contribution in [2.24, 2.45) is 0 Å². The van der Waals surface area contributed by atoms with E-state index in [4.69, 9.17) is 27.9 Å². The number of imidazole rings is 1. The number of nitrogens with zero attached hydrogens (tertiary/aromatic N) is 3. The van der Waals surface area contributed by atoms with E-state index in [2.05, 4.69) is 20.7 Å². The molecule has 29 heavy (non-hydrogen) atoms. The Balaban J connectivity index is 1.45. The van der Waals surface area contributed by atoms with Gasteiger partial charge in [0.1, 0.15) is 17.4 Å². The van der Waals surface area contributed by atoms with Crippen LogP contribution in [0.3, 0.4) is 0 Å². The average Bonchev–Trinajstić information content (AvgIpc) is 3.15. The normalized spacial score (nSPS) is 10.9. The molecule has 0 radical (unpaired) electrons. The zero-order chi connectivity index (χ0) is 20.2. The Morgan fingerprint density at radius 3 is 2.41 bits per heavy atom. The van der Waals surface area contributed by atoms with Gasteiger partial charge in [0.2, 0.25) is 0 Å². The number of ether oxygens (including phenoxy) is 1. The third-order valence-corrected chi connectivity index (χ3v) is 5.19. The summed E-state index contributed by atoms with van der Waals surface area (Å²) in [5, 5.41) is 12.4. The van der Waals surface area contributed by atoms with Gasteiger partial charge in [0.25, 0.3) is 0 Å². The van der Waals surface area contributed by atoms with E-state index in [1.165, 1.54) is 0 Å². The second-order valence-corrected chi connectivity index (χ2v) is 7.25.